The molecule has 5 heteroatoms. The van der Waals surface area contributed by atoms with E-state index in [9.17, 15) is 0 Å². The normalized spacial score (nSPS) is 10.1. The Labute approximate surface area is 106 Å². The summed E-state index contributed by atoms with van der Waals surface area (Å²) in [6, 6.07) is 9.65. The maximum Gasteiger partial charge on any atom is 0.218 e. The summed E-state index contributed by atoms with van der Waals surface area (Å²) in [5, 5.41) is 3.18. The molecule has 1 heterocycles. The number of aromatic nitrogens is 2. The summed E-state index contributed by atoms with van der Waals surface area (Å²) in [5.74, 6) is 1.27. The van der Waals surface area contributed by atoms with Gasteiger partial charge < -0.3 is 15.8 Å². The monoisotopic (exact) mass is 244 g/mol. The Morgan fingerprint density at radius 1 is 1.22 bits per heavy atom. The van der Waals surface area contributed by atoms with Gasteiger partial charge in [-0.05, 0) is 24.6 Å². The minimum atomic E-state index is 0.544. The first-order chi connectivity index (χ1) is 8.81. The zero-order valence-electron chi connectivity index (χ0n) is 10.3. The van der Waals surface area contributed by atoms with Crippen LogP contribution >= 0.6 is 0 Å². The van der Waals surface area contributed by atoms with Crippen LogP contribution in [0.3, 0.4) is 0 Å². The molecule has 18 heavy (non-hydrogen) atoms. The molecule has 5 nitrogen and oxygen atoms in total. The fourth-order valence-electron chi connectivity index (χ4n) is 1.51. The van der Waals surface area contributed by atoms with Crippen LogP contribution in [0.25, 0.3) is 0 Å². The van der Waals surface area contributed by atoms with E-state index in [0.29, 0.717) is 24.8 Å². The fourth-order valence-corrected chi connectivity index (χ4v) is 1.51. The Morgan fingerprint density at radius 2 is 2.00 bits per heavy atom. The number of anilines is 2. The van der Waals surface area contributed by atoms with Crippen molar-refractivity contribution in [1.82, 2.24) is 9.97 Å². The van der Waals surface area contributed by atoms with Gasteiger partial charge in [-0.15, -0.1) is 0 Å². The third-order valence-electron chi connectivity index (χ3n) is 2.40. The van der Waals surface area contributed by atoms with Gasteiger partial charge in [0.15, 0.2) is 0 Å². The number of hydrogen-bond donors (Lipinski definition) is 2. The zero-order valence-corrected chi connectivity index (χ0v) is 10.3. The topological polar surface area (TPSA) is 73.1 Å². The van der Waals surface area contributed by atoms with Crippen LogP contribution < -0.4 is 15.8 Å². The van der Waals surface area contributed by atoms with Crippen molar-refractivity contribution in [3.05, 3.63) is 42.2 Å². The van der Waals surface area contributed by atoms with Gasteiger partial charge in [0.05, 0.1) is 6.61 Å². The lowest BCUT2D eigenvalue weighted by molar-refractivity contribution is 0.326. The van der Waals surface area contributed by atoms with E-state index in [4.69, 9.17) is 10.5 Å². The van der Waals surface area contributed by atoms with Gasteiger partial charge in [0.1, 0.15) is 12.1 Å². The van der Waals surface area contributed by atoms with E-state index in [1.807, 2.05) is 31.2 Å². The highest BCUT2D eigenvalue weighted by molar-refractivity contribution is 5.56. The molecule has 0 fully saturated rings. The zero-order chi connectivity index (χ0) is 12.8. The van der Waals surface area contributed by atoms with Gasteiger partial charge in [-0.3, -0.25) is 0 Å². The lowest BCUT2D eigenvalue weighted by Gasteiger charge is -2.07. The lowest BCUT2D eigenvalue weighted by Crippen LogP contribution is -1.99. The molecule has 0 radical (unpaired) electrons. The number of nitrogens with one attached hydrogen (secondary N) is 1. The lowest BCUT2D eigenvalue weighted by atomic mass is 10.2. The van der Waals surface area contributed by atoms with Crippen LogP contribution in [0.15, 0.2) is 36.7 Å². The average Bonchev–Trinajstić information content (AvgIpc) is 2.40. The van der Waals surface area contributed by atoms with Crippen LogP contribution in [0, 0.1) is 0 Å². The summed E-state index contributed by atoms with van der Waals surface area (Å²) in [6.45, 7) is 3.05. The highest BCUT2D eigenvalue weighted by Gasteiger charge is 2.00. The molecule has 3 N–H and O–H groups in total. The molecule has 0 aliphatic carbocycles. The van der Waals surface area contributed by atoms with Gasteiger partial charge in [0, 0.05) is 18.3 Å². The van der Waals surface area contributed by atoms with Crippen molar-refractivity contribution in [3.63, 3.8) is 0 Å². The second-order valence-electron chi connectivity index (χ2n) is 3.70. The van der Waals surface area contributed by atoms with Gasteiger partial charge in [0.25, 0.3) is 0 Å². The van der Waals surface area contributed by atoms with E-state index < -0.39 is 0 Å². The molecule has 0 amide bonds. The molecule has 0 aliphatic rings. The van der Waals surface area contributed by atoms with Crippen LogP contribution in [0.5, 0.6) is 5.88 Å². The first-order valence-electron chi connectivity index (χ1n) is 5.82. The number of benzene rings is 1. The number of nitrogens with zero attached hydrogens (tertiary/aromatic N) is 2. The van der Waals surface area contributed by atoms with E-state index in [-0.39, 0.29) is 0 Å². The summed E-state index contributed by atoms with van der Waals surface area (Å²) in [5.41, 5.74) is 7.60. The minimum Gasteiger partial charge on any atom is -0.478 e. The van der Waals surface area contributed by atoms with Crippen LogP contribution in [0.4, 0.5) is 11.5 Å². The highest BCUT2D eigenvalue weighted by Crippen LogP contribution is 2.17. The van der Waals surface area contributed by atoms with Crippen LogP contribution in [-0.4, -0.2) is 16.6 Å². The molecular weight excluding hydrogens is 228 g/mol. The second-order valence-corrected chi connectivity index (χ2v) is 3.70. The third kappa shape index (κ3) is 3.18. The Morgan fingerprint density at radius 3 is 2.67 bits per heavy atom. The van der Waals surface area contributed by atoms with E-state index >= 15 is 0 Å². The predicted molar refractivity (Wildman–Crippen MR) is 70.8 cm³/mol. The molecule has 2 aromatic rings. The van der Waals surface area contributed by atoms with Crippen molar-refractivity contribution in [2.45, 2.75) is 13.5 Å². The van der Waals surface area contributed by atoms with E-state index in [0.717, 1.165) is 11.3 Å². The molecule has 1 aromatic carbocycles. The van der Waals surface area contributed by atoms with Crippen LogP contribution in [-0.2, 0) is 6.54 Å². The summed E-state index contributed by atoms with van der Waals surface area (Å²) in [4.78, 5) is 8.14. The second kappa shape index (κ2) is 5.97. The quantitative estimate of drug-likeness (QED) is 0.842. The Bertz CT molecular complexity index is 499. The fraction of sp³-hybridized carbons (Fsp3) is 0.231. The molecule has 94 valence electrons. The molecule has 0 bridgehead atoms. The standard InChI is InChI=1S/C13H16N4O/c1-2-18-13-7-12(15-9-16-13)17-11-5-3-10(8-14)4-6-11/h3-7,9H,2,8,14H2,1H3,(H,15,16,17). The van der Waals surface area contributed by atoms with Crippen LogP contribution in [0.1, 0.15) is 12.5 Å². The maximum absolute atomic E-state index is 5.55. The van der Waals surface area contributed by atoms with Gasteiger partial charge in [-0.1, -0.05) is 12.1 Å². The molecule has 1 aromatic heterocycles. The minimum absolute atomic E-state index is 0.544. The van der Waals surface area contributed by atoms with Crippen LogP contribution in [0.2, 0.25) is 0 Å². The molecule has 0 unspecified atom stereocenters. The van der Waals surface area contributed by atoms with Crippen molar-refractivity contribution < 1.29 is 4.74 Å². The Hall–Kier alpha value is -2.14. The van der Waals surface area contributed by atoms with Crippen molar-refractivity contribution in [1.29, 1.82) is 0 Å². The van der Waals surface area contributed by atoms with Gasteiger partial charge >= 0.3 is 0 Å². The molecule has 0 atom stereocenters. The van der Waals surface area contributed by atoms with E-state index in [1.54, 1.807) is 6.07 Å². The third-order valence-corrected chi connectivity index (χ3v) is 2.40. The molecular formula is C13H16N4O. The Balaban J connectivity index is 2.09. The van der Waals surface area contributed by atoms with Gasteiger partial charge in [-0.25, -0.2) is 9.97 Å². The molecule has 2 rings (SSSR count). The summed E-state index contributed by atoms with van der Waals surface area (Å²) in [6.07, 6.45) is 1.47. The maximum atomic E-state index is 5.55. The average molecular weight is 244 g/mol. The van der Waals surface area contributed by atoms with Gasteiger partial charge in [-0.2, -0.15) is 0 Å². The summed E-state index contributed by atoms with van der Waals surface area (Å²) >= 11 is 0. The van der Waals surface area contributed by atoms with Crippen molar-refractivity contribution >= 4 is 11.5 Å². The van der Waals surface area contributed by atoms with Crippen molar-refractivity contribution in [3.8, 4) is 5.88 Å². The smallest absolute Gasteiger partial charge is 0.218 e. The number of ether oxygens (including phenoxy) is 1. The van der Waals surface area contributed by atoms with Crippen molar-refractivity contribution in [2.75, 3.05) is 11.9 Å². The molecule has 0 saturated heterocycles. The SMILES string of the molecule is CCOc1cc(Nc2ccc(CN)cc2)ncn1. The predicted octanol–water partition coefficient (Wildman–Crippen LogP) is 2.08. The van der Waals surface area contributed by atoms with E-state index in [1.165, 1.54) is 6.33 Å². The number of nitrogens with two attached hydrogens (primary N) is 1. The van der Waals surface area contributed by atoms with Gasteiger partial charge in [0.2, 0.25) is 5.88 Å². The largest absolute Gasteiger partial charge is 0.478 e. The summed E-state index contributed by atoms with van der Waals surface area (Å²) in [7, 11) is 0. The highest BCUT2D eigenvalue weighted by atomic mass is 16.5. The number of hydrogen-bond acceptors (Lipinski definition) is 5. The molecule has 0 aliphatic heterocycles. The number of rotatable bonds is 5. The first kappa shape index (κ1) is 12.3. The van der Waals surface area contributed by atoms with E-state index in [2.05, 4.69) is 15.3 Å². The van der Waals surface area contributed by atoms with Crippen molar-refractivity contribution in [2.24, 2.45) is 5.73 Å². The first-order valence-corrected chi connectivity index (χ1v) is 5.82. The summed E-state index contributed by atoms with van der Waals surface area (Å²) < 4.78 is 5.31. The Kier molecular flexibility index (Phi) is 4.09. The molecule has 0 spiro atoms. The molecule has 0 saturated carbocycles.